The first-order chi connectivity index (χ1) is 10.4. The van der Waals surface area contributed by atoms with Gasteiger partial charge in [-0.1, -0.05) is 78.9 Å². The number of benzene rings is 3. The van der Waals surface area contributed by atoms with Crippen molar-refractivity contribution in [2.45, 2.75) is 13.1 Å². The quantitative estimate of drug-likeness (QED) is 0.647. The molecule has 3 rings (SSSR count). The molecule has 2 heteroatoms. The van der Waals surface area contributed by atoms with Gasteiger partial charge in [0.1, 0.15) is 0 Å². The maximum Gasteiger partial charge on any atom is 0.0814 e. The third kappa shape index (κ3) is 4.26. The molecule has 0 unspecified atom stereocenters. The molecule has 0 atom stereocenters. The van der Waals surface area contributed by atoms with Crippen molar-refractivity contribution in [2.24, 2.45) is 0 Å². The van der Waals surface area contributed by atoms with Crippen LogP contribution in [0.3, 0.4) is 0 Å². The molecule has 110 valence electrons. The first kappa shape index (κ1) is 15.9. The summed E-state index contributed by atoms with van der Waals surface area (Å²) in [5.41, 5.74) is 3.92. The van der Waals surface area contributed by atoms with Crippen LogP contribution in [0.5, 0.6) is 0 Å². The van der Waals surface area contributed by atoms with Gasteiger partial charge in [-0.3, -0.25) is 0 Å². The molecule has 0 heterocycles. The van der Waals surface area contributed by atoms with Gasteiger partial charge >= 0.3 is 0 Å². The summed E-state index contributed by atoms with van der Waals surface area (Å²) in [5, 5.41) is 0. The van der Waals surface area contributed by atoms with Crippen molar-refractivity contribution in [3.63, 3.8) is 0 Å². The Bertz CT molecular complexity index is 612. The van der Waals surface area contributed by atoms with Gasteiger partial charge in [0.2, 0.25) is 0 Å². The average Bonchev–Trinajstić information content (AvgIpc) is 2.57. The SMILES string of the molecule is B.c1ccc(CN(Cc2ccccc2)c2ccccc2)cc1. The molecule has 0 spiro atoms. The first-order valence-corrected chi connectivity index (χ1v) is 7.30. The van der Waals surface area contributed by atoms with E-state index < -0.39 is 0 Å². The summed E-state index contributed by atoms with van der Waals surface area (Å²) >= 11 is 0. The predicted octanol–water partition coefficient (Wildman–Crippen LogP) is 3.71. The van der Waals surface area contributed by atoms with E-state index in [0.717, 1.165) is 13.1 Å². The van der Waals surface area contributed by atoms with Gasteiger partial charge in [-0.15, -0.1) is 0 Å². The number of nitrogens with zero attached hydrogens (tertiary/aromatic N) is 1. The van der Waals surface area contributed by atoms with Gasteiger partial charge in [-0.25, -0.2) is 0 Å². The van der Waals surface area contributed by atoms with E-state index >= 15 is 0 Å². The van der Waals surface area contributed by atoms with E-state index in [4.69, 9.17) is 0 Å². The number of hydrogen-bond donors (Lipinski definition) is 0. The fraction of sp³-hybridized carbons (Fsp3) is 0.100. The summed E-state index contributed by atoms with van der Waals surface area (Å²) in [7, 11) is 0. The molecule has 0 aliphatic heterocycles. The second kappa shape index (κ2) is 8.09. The third-order valence-electron chi connectivity index (χ3n) is 3.55. The van der Waals surface area contributed by atoms with Crippen LogP contribution in [0.1, 0.15) is 11.1 Å². The summed E-state index contributed by atoms with van der Waals surface area (Å²) in [6.45, 7) is 1.83. The largest absolute Gasteiger partial charge is 0.363 e. The van der Waals surface area contributed by atoms with Crippen LogP contribution in [0.4, 0.5) is 5.69 Å². The first-order valence-electron chi connectivity index (χ1n) is 7.30. The molecule has 0 aliphatic carbocycles. The Morgan fingerprint density at radius 3 is 1.27 bits per heavy atom. The Labute approximate surface area is 134 Å². The van der Waals surface area contributed by atoms with Crippen LogP contribution < -0.4 is 4.90 Å². The Balaban J connectivity index is 0.00000176. The monoisotopic (exact) mass is 287 g/mol. The molecule has 3 aromatic carbocycles. The van der Waals surface area contributed by atoms with Crippen molar-refractivity contribution >= 4 is 14.1 Å². The lowest BCUT2D eigenvalue weighted by Gasteiger charge is -2.25. The minimum Gasteiger partial charge on any atom is -0.363 e. The molecule has 0 saturated heterocycles. The molecule has 0 N–H and O–H groups in total. The zero-order chi connectivity index (χ0) is 14.3. The van der Waals surface area contributed by atoms with Crippen LogP contribution >= 0.6 is 0 Å². The van der Waals surface area contributed by atoms with E-state index in [9.17, 15) is 0 Å². The fourth-order valence-corrected chi connectivity index (χ4v) is 2.48. The van der Waals surface area contributed by atoms with Gasteiger partial charge < -0.3 is 4.90 Å². The van der Waals surface area contributed by atoms with Gasteiger partial charge in [0.15, 0.2) is 0 Å². The van der Waals surface area contributed by atoms with Crippen molar-refractivity contribution in [2.75, 3.05) is 4.90 Å². The van der Waals surface area contributed by atoms with E-state index in [1.54, 1.807) is 0 Å². The van der Waals surface area contributed by atoms with Crippen molar-refractivity contribution in [1.29, 1.82) is 0 Å². The van der Waals surface area contributed by atoms with Crippen LogP contribution in [0, 0.1) is 0 Å². The standard InChI is InChI=1S/C20H19N.BH3/c1-4-10-18(11-5-1)16-21(20-14-8-3-9-15-20)17-19-12-6-2-7-13-19;/h1-15H,16-17H2;1H3. The van der Waals surface area contributed by atoms with Crippen molar-refractivity contribution in [3.8, 4) is 0 Å². The highest BCUT2D eigenvalue weighted by Crippen LogP contribution is 2.19. The lowest BCUT2D eigenvalue weighted by Crippen LogP contribution is -2.21. The van der Waals surface area contributed by atoms with Crippen molar-refractivity contribution in [3.05, 3.63) is 102 Å². The van der Waals surface area contributed by atoms with Gasteiger partial charge in [-0.05, 0) is 23.3 Å². The maximum atomic E-state index is 2.41. The number of rotatable bonds is 5. The molecular weight excluding hydrogens is 265 g/mol. The third-order valence-corrected chi connectivity index (χ3v) is 3.55. The lowest BCUT2D eigenvalue weighted by atomic mass is 10.1. The lowest BCUT2D eigenvalue weighted by molar-refractivity contribution is 0.800. The van der Waals surface area contributed by atoms with Gasteiger partial charge in [-0.2, -0.15) is 0 Å². The predicted molar refractivity (Wildman–Crippen MR) is 99.2 cm³/mol. The van der Waals surface area contributed by atoms with Gasteiger partial charge in [0, 0.05) is 18.8 Å². The van der Waals surface area contributed by atoms with Crippen molar-refractivity contribution < 1.29 is 0 Å². The molecule has 3 aromatic rings. The molecule has 0 aromatic heterocycles. The van der Waals surface area contributed by atoms with E-state index in [0.29, 0.717) is 0 Å². The second-order valence-corrected chi connectivity index (χ2v) is 5.16. The van der Waals surface area contributed by atoms with E-state index in [-0.39, 0.29) is 8.41 Å². The molecule has 0 bridgehead atoms. The molecule has 0 saturated carbocycles. The van der Waals surface area contributed by atoms with E-state index in [2.05, 4.69) is 95.9 Å². The van der Waals surface area contributed by atoms with Crippen LogP contribution in [0.15, 0.2) is 91.0 Å². The number of hydrogen-bond acceptors (Lipinski definition) is 1. The topological polar surface area (TPSA) is 3.24 Å². The highest BCUT2D eigenvalue weighted by atomic mass is 15.1. The van der Waals surface area contributed by atoms with Gasteiger partial charge in [0.25, 0.3) is 0 Å². The van der Waals surface area contributed by atoms with Crippen LogP contribution in [0.2, 0.25) is 0 Å². The van der Waals surface area contributed by atoms with Gasteiger partial charge in [0.05, 0.1) is 8.41 Å². The molecule has 22 heavy (non-hydrogen) atoms. The van der Waals surface area contributed by atoms with Crippen LogP contribution in [0.25, 0.3) is 0 Å². The summed E-state index contributed by atoms with van der Waals surface area (Å²) in [4.78, 5) is 2.41. The maximum absolute atomic E-state index is 2.41. The highest BCUT2D eigenvalue weighted by Gasteiger charge is 2.07. The minimum atomic E-state index is 0. The molecule has 0 fully saturated rings. The summed E-state index contributed by atoms with van der Waals surface area (Å²) in [6, 6.07) is 31.8. The highest BCUT2D eigenvalue weighted by molar-refractivity contribution is 5.75. The van der Waals surface area contributed by atoms with Crippen molar-refractivity contribution in [1.82, 2.24) is 0 Å². The summed E-state index contributed by atoms with van der Waals surface area (Å²) < 4.78 is 0. The Hall–Kier alpha value is -2.48. The minimum absolute atomic E-state index is 0. The molecule has 0 radical (unpaired) electrons. The fourth-order valence-electron chi connectivity index (χ4n) is 2.48. The second-order valence-electron chi connectivity index (χ2n) is 5.16. The zero-order valence-electron chi connectivity index (χ0n) is 12.0. The normalized spacial score (nSPS) is 9.82. The average molecular weight is 287 g/mol. The smallest absolute Gasteiger partial charge is 0.0814 e. The molecule has 1 nitrogen and oxygen atoms in total. The summed E-state index contributed by atoms with van der Waals surface area (Å²) in [6.07, 6.45) is 0. The Morgan fingerprint density at radius 1 is 0.500 bits per heavy atom. The Morgan fingerprint density at radius 2 is 0.864 bits per heavy atom. The molecule has 0 aliphatic rings. The van der Waals surface area contributed by atoms with Crippen LogP contribution in [-0.2, 0) is 13.1 Å². The molecular formula is C20H22BN. The number of para-hydroxylation sites is 1. The summed E-state index contributed by atoms with van der Waals surface area (Å²) in [5.74, 6) is 0. The van der Waals surface area contributed by atoms with E-state index in [1.165, 1.54) is 16.8 Å². The van der Waals surface area contributed by atoms with E-state index in [1.807, 2.05) is 0 Å². The zero-order valence-corrected chi connectivity index (χ0v) is 12.0. The molecule has 0 amide bonds. The Kier molecular flexibility index (Phi) is 5.85. The number of anilines is 1. The van der Waals surface area contributed by atoms with Crippen LogP contribution in [-0.4, -0.2) is 8.41 Å².